The summed E-state index contributed by atoms with van der Waals surface area (Å²) in [6, 6.07) is 10.2. The average Bonchev–Trinajstić information content (AvgIpc) is 2.56. The molecule has 0 aliphatic heterocycles. The van der Waals surface area contributed by atoms with Gasteiger partial charge in [-0.3, -0.25) is 9.78 Å². The summed E-state index contributed by atoms with van der Waals surface area (Å²) in [5.74, 6) is 0.0971. The molecule has 0 N–H and O–H groups in total. The van der Waals surface area contributed by atoms with Gasteiger partial charge in [0.25, 0.3) is 0 Å². The lowest BCUT2D eigenvalue weighted by Crippen LogP contribution is -2.05. The van der Waals surface area contributed by atoms with Crippen LogP contribution in [0.25, 0.3) is 5.57 Å². The van der Waals surface area contributed by atoms with Gasteiger partial charge in [0.05, 0.1) is 0 Å². The molecule has 2 heteroatoms. The number of rotatable bonds is 3. The molecular weight excluding hydrogens is 318 g/mol. The van der Waals surface area contributed by atoms with E-state index in [4.69, 9.17) is 0 Å². The van der Waals surface area contributed by atoms with Crippen LogP contribution in [0.2, 0.25) is 0 Å². The van der Waals surface area contributed by atoms with E-state index in [-0.39, 0.29) is 5.78 Å². The Hall–Kier alpha value is -2.22. The maximum atomic E-state index is 10.8. The number of allylic oxidation sites excluding steroid dienone is 1. The fourth-order valence-corrected chi connectivity index (χ4v) is 2.57. The highest BCUT2D eigenvalue weighted by atomic mass is 16.1. The smallest absolute Gasteiger partial charge is 0.160 e. The summed E-state index contributed by atoms with van der Waals surface area (Å²) in [5.41, 5.74) is 5.89. The van der Waals surface area contributed by atoms with Crippen molar-refractivity contribution in [2.24, 2.45) is 5.41 Å². The first-order chi connectivity index (χ1) is 12.1. The largest absolute Gasteiger partial charge is 0.294 e. The van der Waals surface area contributed by atoms with Crippen molar-refractivity contribution in [2.45, 2.75) is 61.8 Å². The fourth-order valence-electron chi connectivity index (χ4n) is 2.57. The van der Waals surface area contributed by atoms with Crippen LogP contribution in [-0.2, 0) is 0 Å². The molecule has 0 amide bonds. The van der Waals surface area contributed by atoms with Crippen LogP contribution in [0.4, 0.5) is 0 Å². The zero-order chi connectivity index (χ0) is 20.3. The Bertz CT molecular complexity index is 708. The Morgan fingerprint density at radius 1 is 1.00 bits per heavy atom. The summed E-state index contributed by atoms with van der Waals surface area (Å²) in [4.78, 5) is 14.7. The van der Waals surface area contributed by atoms with Crippen LogP contribution >= 0.6 is 0 Å². The van der Waals surface area contributed by atoms with E-state index < -0.39 is 0 Å². The summed E-state index contributed by atoms with van der Waals surface area (Å²) >= 11 is 0. The minimum Gasteiger partial charge on any atom is -0.294 e. The quantitative estimate of drug-likeness (QED) is 0.553. The Balaban J connectivity index is 0.000000458. The lowest BCUT2D eigenvalue weighted by atomic mass is 9.85. The molecule has 0 bridgehead atoms. The fraction of sp³-hybridized carbons (Fsp3) is 0.417. The molecule has 1 aromatic carbocycles. The molecule has 0 unspecified atom stereocenters. The van der Waals surface area contributed by atoms with Gasteiger partial charge in [0.15, 0.2) is 5.78 Å². The number of carbonyl (C=O) groups is 1. The maximum absolute atomic E-state index is 10.8. The minimum absolute atomic E-state index is 0.0971. The molecular formula is C24H35NO. The summed E-state index contributed by atoms with van der Waals surface area (Å²) in [6.07, 6.45) is 4.37. The lowest BCUT2D eigenvalue weighted by molar-refractivity contribution is 0.101. The van der Waals surface area contributed by atoms with E-state index >= 15 is 0 Å². The highest BCUT2D eigenvalue weighted by Crippen LogP contribution is 2.30. The van der Waals surface area contributed by atoms with Gasteiger partial charge in [-0.25, -0.2) is 0 Å². The van der Waals surface area contributed by atoms with Crippen molar-refractivity contribution in [1.82, 2.24) is 4.98 Å². The minimum atomic E-state index is 0.0971. The van der Waals surface area contributed by atoms with Crippen molar-refractivity contribution in [3.05, 3.63) is 71.6 Å². The Labute approximate surface area is 160 Å². The van der Waals surface area contributed by atoms with Gasteiger partial charge in [0.2, 0.25) is 0 Å². The summed E-state index contributed by atoms with van der Waals surface area (Å²) < 4.78 is 0. The molecule has 0 saturated carbocycles. The first-order valence-corrected chi connectivity index (χ1v) is 9.27. The van der Waals surface area contributed by atoms with Crippen molar-refractivity contribution < 1.29 is 4.79 Å². The van der Waals surface area contributed by atoms with E-state index in [2.05, 4.69) is 63.5 Å². The van der Waals surface area contributed by atoms with Gasteiger partial charge in [-0.05, 0) is 60.9 Å². The molecule has 2 nitrogen and oxygen atoms in total. The van der Waals surface area contributed by atoms with E-state index in [1.165, 1.54) is 16.7 Å². The van der Waals surface area contributed by atoms with Crippen LogP contribution in [0, 0.1) is 19.3 Å². The van der Waals surface area contributed by atoms with Crippen LogP contribution in [0.3, 0.4) is 0 Å². The Morgan fingerprint density at radius 2 is 1.58 bits per heavy atom. The van der Waals surface area contributed by atoms with Gasteiger partial charge in [0.1, 0.15) is 0 Å². The van der Waals surface area contributed by atoms with Gasteiger partial charge in [-0.15, -0.1) is 0 Å². The van der Waals surface area contributed by atoms with Crippen molar-refractivity contribution in [2.75, 3.05) is 0 Å². The van der Waals surface area contributed by atoms with E-state index in [9.17, 15) is 4.79 Å². The van der Waals surface area contributed by atoms with Crippen molar-refractivity contribution in [3.8, 4) is 0 Å². The first kappa shape index (κ1) is 23.8. The van der Waals surface area contributed by atoms with Crippen molar-refractivity contribution in [1.29, 1.82) is 0 Å². The topological polar surface area (TPSA) is 30.0 Å². The number of aryl methyl sites for hydroxylation is 2. The van der Waals surface area contributed by atoms with Gasteiger partial charge in [-0.2, -0.15) is 0 Å². The van der Waals surface area contributed by atoms with Gasteiger partial charge >= 0.3 is 0 Å². The molecule has 1 aromatic heterocycles. The number of hydrogen-bond acceptors (Lipinski definition) is 2. The van der Waals surface area contributed by atoms with Crippen LogP contribution < -0.4 is 0 Å². The highest BCUT2D eigenvalue weighted by molar-refractivity contribution is 5.95. The normalized spacial score (nSPS) is 10.0. The van der Waals surface area contributed by atoms with Crippen molar-refractivity contribution >= 4 is 11.4 Å². The van der Waals surface area contributed by atoms with Crippen LogP contribution in [-0.4, -0.2) is 10.8 Å². The predicted octanol–water partition coefficient (Wildman–Crippen LogP) is 7.06. The molecule has 0 aliphatic carbocycles. The molecule has 0 spiro atoms. The molecule has 142 valence electrons. The lowest BCUT2D eigenvalue weighted by Gasteiger charge is -2.20. The second-order valence-electron chi connectivity index (χ2n) is 7.40. The molecule has 0 fully saturated rings. The monoisotopic (exact) mass is 353 g/mol. The third kappa shape index (κ3) is 8.75. The molecule has 0 atom stereocenters. The molecule has 1 heterocycles. The van der Waals surface area contributed by atoms with Crippen LogP contribution in [0.1, 0.15) is 75.0 Å². The molecule has 2 rings (SSSR count). The number of carbonyl (C=O) groups excluding carboxylic acids is 1. The number of ketones is 1. The molecule has 26 heavy (non-hydrogen) atoms. The second kappa shape index (κ2) is 11.4. The number of aromatic nitrogens is 1. The number of pyridine rings is 1. The predicted molar refractivity (Wildman–Crippen MR) is 115 cm³/mol. The van der Waals surface area contributed by atoms with Gasteiger partial charge < -0.3 is 0 Å². The summed E-state index contributed by atoms with van der Waals surface area (Å²) in [5, 5.41) is 0. The molecule has 0 aliphatic rings. The Morgan fingerprint density at radius 3 is 2.00 bits per heavy atom. The zero-order valence-corrected chi connectivity index (χ0v) is 17.8. The van der Waals surface area contributed by atoms with E-state index in [0.717, 1.165) is 17.5 Å². The number of Topliss-reactive ketones (excluding diaryl/α,β-unsaturated/α-hetero) is 1. The third-order valence-electron chi connectivity index (χ3n) is 3.67. The SMILES string of the molecule is C=C(CC(C)(C)C)c1ccccc1C.CC.CC(=O)c1ccncc1C. The second-order valence-corrected chi connectivity index (χ2v) is 7.40. The number of benzene rings is 1. The van der Waals surface area contributed by atoms with Crippen molar-refractivity contribution in [3.63, 3.8) is 0 Å². The summed E-state index contributed by atoms with van der Waals surface area (Å²) in [6.45, 7) is 20.5. The van der Waals surface area contributed by atoms with Crippen LogP contribution in [0.15, 0.2) is 49.3 Å². The molecule has 0 radical (unpaired) electrons. The third-order valence-corrected chi connectivity index (χ3v) is 3.67. The van der Waals surface area contributed by atoms with E-state index in [1.54, 1.807) is 25.4 Å². The highest BCUT2D eigenvalue weighted by Gasteiger charge is 2.13. The van der Waals surface area contributed by atoms with E-state index in [1.807, 2.05) is 20.8 Å². The number of nitrogens with zero attached hydrogens (tertiary/aromatic N) is 1. The Kier molecular flexibility index (Phi) is 10.4. The van der Waals surface area contributed by atoms with E-state index in [0.29, 0.717) is 5.41 Å². The molecule has 2 aromatic rings. The molecule has 0 saturated heterocycles. The maximum Gasteiger partial charge on any atom is 0.160 e. The zero-order valence-electron chi connectivity index (χ0n) is 17.8. The standard InChI is InChI=1S/C14H20.C8H9NO.C2H6/c1-11-8-6-7-9-13(11)12(2)10-14(3,4)5;1-6-5-9-4-3-8(6)7(2)10;1-2/h6-9H,2,10H2,1,3-5H3;3-5H,1-2H3;1-2H3. The number of hydrogen-bond donors (Lipinski definition) is 0. The van der Waals surface area contributed by atoms with Gasteiger partial charge in [-0.1, -0.05) is 65.5 Å². The van der Waals surface area contributed by atoms with Gasteiger partial charge in [0, 0.05) is 18.0 Å². The van der Waals surface area contributed by atoms with Crippen LogP contribution in [0.5, 0.6) is 0 Å². The first-order valence-electron chi connectivity index (χ1n) is 9.27. The summed E-state index contributed by atoms with van der Waals surface area (Å²) in [7, 11) is 0. The average molecular weight is 354 g/mol.